The SMILES string of the molecule is O=C(Nc1nc(-c2c[nH]c3ccccc23)cs1)C1CCN(C(=O)c2cccs2)CC1. The maximum absolute atomic E-state index is 12.7. The number of para-hydroxylation sites is 1. The second kappa shape index (κ2) is 8.04. The number of amides is 2. The highest BCUT2D eigenvalue weighted by atomic mass is 32.1. The number of rotatable bonds is 4. The van der Waals surface area contributed by atoms with Gasteiger partial charge in [0.1, 0.15) is 0 Å². The number of fused-ring (bicyclic) bond motifs is 1. The Labute approximate surface area is 181 Å². The molecule has 0 aliphatic carbocycles. The first kappa shape index (κ1) is 19.0. The lowest BCUT2D eigenvalue weighted by Gasteiger charge is -2.30. The molecule has 0 radical (unpaired) electrons. The van der Waals surface area contributed by atoms with Crippen LogP contribution in [0.1, 0.15) is 22.5 Å². The molecule has 30 heavy (non-hydrogen) atoms. The van der Waals surface area contributed by atoms with Gasteiger partial charge in [0.25, 0.3) is 5.91 Å². The van der Waals surface area contributed by atoms with Crippen LogP contribution in [0.5, 0.6) is 0 Å². The Morgan fingerprint density at radius 2 is 1.93 bits per heavy atom. The number of likely N-dealkylation sites (tertiary alicyclic amines) is 1. The van der Waals surface area contributed by atoms with Gasteiger partial charge < -0.3 is 15.2 Å². The molecule has 8 heteroatoms. The van der Waals surface area contributed by atoms with Gasteiger partial charge in [-0.15, -0.1) is 22.7 Å². The van der Waals surface area contributed by atoms with E-state index in [4.69, 9.17) is 0 Å². The molecule has 0 spiro atoms. The molecule has 0 saturated carbocycles. The molecule has 6 nitrogen and oxygen atoms in total. The van der Waals surface area contributed by atoms with E-state index >= 15 is 0 Å². The number of carbonyl (C=O) groups is 2. The van der Waals surface area contributed by atoms with Gasteiger partial charge in [-0.1, -0.05) is 24.3 Å². The third-order valence-corrected chi connectivity index (χ3v) is 7.10. The number of nitrogens with zero attached hydrogens (tertiary/aromatic N) is 2. The van der Waals surface area contributed by atoms with E-state index in [1.165, 1.54) is 22.7 Å². The molecule has 1 aliphatic heterocycles. The molecular weight excluding hydrogens is 416 g/mol. The molecule has 0 bridgehead atoms. The molecular formula is C22H20N4O2S2. The summed E-state index contributed by atoms with van der Waals surface area (Å²) in [6, 6.07) is 11.8. The number of nitrogens with one attached hydrogen (secondary N) is 2. The minimum atomic E-state index is -0.0992. The number of aromatic nitrogens is 2. The molecule has 1 aromatic carbocycles. The molecule has 2 N–H and O–H groups in total. The van der Waals surface area contributed by atoms with Crippen molar-refractivity contribution in [1.82, 2.24) is 14.9 Å². The zero-order chi connectivity index (χ0) is 20.5. The van der Waals surface area contributed by atoms with Gasteiger partial charge in [0.2, 0.25) is 5.91 Å². The summed E-state index contributed by atoms with van der Waals surface area (Å²) >= 11 is 2.89. The second-order valence-corrected chi connectivity index (χ2v) is 9.12. The van der Waals surface area contributed by atoms with E-state index in [-0.39, 0.29) is 17.7 Å². The van der Waals surface area contributed by atoms with E-state index < -0.39 is 0 Å². The molecule has 4 heterocycles. The van der Waals surface area contributed by atoms with Gasteiger partial charge in [0.05, 0.1) is 10.6 Å². The number of anilines is 1. The third-order valence-electron chi connectivity index (χ3n) is 5.48. The van der Waals surface area contributed by atoms with Crippen LogP contribution in [0.2, 0.25) is 0 Å². The molecule has 5 rings (SSSR count). The average molecular weight is 437 g/mol. The van der Waals surface area contributed by atoms with Crippen molar-refractivity contribution >= 4 is 50.5 Å². The fourth-order valence-corrected chi connectivity index (χ4v) is 5.25. The van der Waals surface area contributed by atoms with Crippen molar-refractivity contribution in [2.75, 3.05) is 18.4 Å². The van der Waals surface area contributed by atoms with Crippen molar-refractivity contribution in [2.45, 2.75) is 12.8 Å². The number of piperidine rings is 1. The molecule has 1 fully saturated rings. The van der Waals surface area contributed by atoms with E-state index in [1.807, 2.05) is 52.2 Å². The maximum atomic E-state index is 12.7. The van der Waals surface area contributed by atoms with Crippen LogP contribution in [-0.4, -0.2) is 39.8 Å². The Kier molecular flexibility index (Phi) is 5.10. The summed E-state index contributed by atoms with van der Waals surface area (Å²) in [4.78, 5) is 35.7. The second-order valence-electron chi connectivity index (χ2n) is 7.32. The van der Waals surface area contributed by atoms with Crippen molar-refractivity contribution in [2.24, 2.45) is 5.92 Å². The van der Waals surface area contributed by atoms with Crippen LogP contribution in [0.15, 0.2) is 53.4 Å². The third kappa shape index (κ3) is 3.64. The van der Waals surface area contributed by atoms with Crippen molar-refractivity contribution in [1.29, 1.82) is 0 Å². The van der Waals surface area contributed by atoms with Crippen molar-refractivity contribution in [3.05, 3.63) is 58.2 Å². The number of thiazole rings is 1. The lowest BCUT2D eigenvalue weighted by atomic mass is 9.96. The Balaban J connectivity index is 1.21. The van der Waals surface area contributed by atoms with Crippen molar-refractivity contribution in [3.63, 3.8) is 0 Å². The quantitative estimate of drug-likeness (QED) is 0.480. The number of hydrogen-bond acceptors (Lipinski definition) is 5. The van der Waals surface area contributed by atoms with Gasteiger partial charge in [0.15, 0.2) is 5.13 Å². The first-order chi connectivity index (χ1) is 14.7. The summed E-state index contributed by atoms with van der Waals surface area (Å²) in [6.45, 7) is 1.21. The van der Waals surface area contributed by atoms with E-state index in [0.29, 0.717) is 31.1 Å². The summed E-state index contributed by atoms with van der Waals surface area (Å²) < 4.78 is 0. The van der Waals surface area contributed by atoms with Crippen LogP contribution in [0.25, 0.3) is 22.2 Å². The fraction of sp³-hybridized carbons (Fsp3) is 0.227. The molecule has 4 aromatic rings. The predicted molar refractivity (Wildman–Crippen MR) is 121 cm³/mol. The molecule has 152 valence electrons. The Morgan fingerprint density at radius 3 is 2.73 bits per heavy atom. The molecule has 2 amide bonds. The van der Waals surface area contributed by atoms with E-state index in [1.54, 1.807) is 0 Å². The predicted octanol–water partition coefficient (Wildman–Crippen LogP) is 4.84. The van der Waals surface area contributed by atoms with Gasteiger partial charge in [-0.3, -0.25) is 9.59 Å². The maximum Gasteiger partial charge on any atom is 0.263 e. The van der Waals surface area contributed by atoms with E-state index in [2.05, 4.69) is 21.4 Å². The summed E-state index contributed by atoms with van der Waals surface area (Å²) in [7, 11) is 0. The highest BCUT2D eigenvalue weighted by Gasteiger charge is 2.28. The van der Waals surface area contributed by atoms with Gasteiger partial charge in [0, 0.05) is 47.1 Å². The molecule has 3 aromatic heterocycles. The minimum absolute atomic E-state index is 0.0157. The van der Waals surface area contributed by atoms with Gasteiger partial charge >= 0.3 is 0 Å². The van der Waals surface area contributed by atoms with Crippen LogP contribution in [0, 0.1) is 5.92 Å². The highest BCUT2D eigenvalue weighted by Crippen LogP contribution is 2.31. The zero-order valence-corrected chi connectivity index (χ0v) is 17.8. The number of benzene rings is 1. The van der Waals surface area contributed by atoms with E-state index in [0.717, 1.165) is 27.0 Å². The fourth-order valence-electron chi connectivity index (χ4n) is 3.85. The lowest BCUT2D eigenvalue weighted by Crippen LogP contribution is -2.41. The number of carbonyl (C=O) groups excluding carboxylic acids is 2. The van der Waals surface area contributed by atoms with Crippen LogP contribution in [-0.2, 0) is 4.79 Å². The van der Waals surface area contributed by atoms with Gasteiger partial charge in [-0.2, -0.15) is 0 Å². The summed E-state index contributed by atoms with van der Waals surface area (Å²) in [5, 5.41) is 8.57. The van der Waals surface area contributed by atoms with Crippen LogP contribution in [0.4, 0.5) is 5.13 Å². The van der Waals surface area contributed by atoms with Gasteiger partial charge in [-0.25, -0.2) is 4.98 Å². The molecule has 1 saturated heterocycles. The van der Waals surface area contributed by atoms with Gasteiger partial charge in [-0.05, 0) is 30.4 Å². The summed E-state index contributed by atoms with van der Waals surface area (Å²) in [5.74, 6) is -0.0528. The Morgan fingerprint density at radius 1 is 1.10 bits per heavy atom. The largest absolute Gasteiger partial charge is 0.360 e. The van der Waals surface area contributed by atoms with Crippen LogP contribution < -0.4 is 5.32 Å². The molecule has 1 aliphatic rings. The topological polar surface area (TPSA) is 78.1 Å². The summed E-state index contributed by atoms with van der Waals surface area (Å²) in [6.07, 6.45) is 3.29. The van der Waals surface area contributed by atoms with Crippen LogP contribution >= 0.6 is 22.7 Å². The average Bonchev–Trinajstić information content (AvgIpc) is 3.53. The lowest BCUT2D eigenvalue weighted by molar-refractivity contribution is -0.121. The highest BCUT2D eigenvalue weighted by molar-refractivity contribution is 7.14. The van der Waals surface area contributed by atoms with Crippen LogP contribution in [0.3, 0.4) is 0 Å². The zero-order valence-electron chi connectivity index (χ0n) is 16.1. The van der Waals surface area contributed by atoms with E-state index in [9.17, 15) is 9.59 Å². The smallest absolute Gasteiger partial charge is 0.263 e. The molecule has 0 unspecified atom stereocenters. The normalized spacial score (nSPS) is 14.9. The number of hydrogen-bond donors (Lipinski definition) is 2. The molecule has 0 atom stereocenters. The monoisotopic (exact) mass is 436 g/mol. The van der Waals surface area contributed by atoms with Crippen molar-refractivity contribution in [3.8, 4) is 11.3 Å². The standard InChI is InChI=1S/C22H20N4O2S2/c27-20(14-7-9-26(10-8-14)21(28)19-6-3-11-29-19)25-22-24-18(13-30-22)16-12-23-17-5-2-1-4-15(16)17/h1-6,11-14,23H,7-10H2,(H,24,25,27). The first-order valence-corrected chi connectivity index (χ1v) is 11.6. The minimum Gasteiger partial charge on any atom is -0.360 e. The number of H-pyrrole nitrogens is 1. The van der Waals surface area contributed by atoms with Crippen molar-refractivity contribution < 1.29 is 9.59 Å². The summed E-state index contributed by atoms with van der Waals surface area (Å²) in [5.41, 5.74) is 2.95. The Bertz CT molecular complexity index is 1190. The number of thiophene rings is 1. The number of aromatic amines is 1. The Hall–Kier alpha value is -2.97. The first-order valence-electron chi connectivity index (χ1n) is 9.85.